The van der Waals surface area contributed by atoms with Gasteiger partial charge in [0.25, 0.3) is 0 Å². The Labute approximate surface area is 194 Å². The van der Waals surface area contributed by atoms with Gasteiger partial charge >= 0.3 is 5.97 Å². The number of aliphatic hydroxyl groups excluding tert-OH is 1. The quantitative estimate of drug-likeness (QED) is 0.685. The van der Waals surface area contributed by atoms with E-state index in [0.29, 0.717) is 25.9 Å². The summed E-state index contributed by atoms with van der Waals surface area (Å²) in [6.07, 6.45) is 5.20. The average molecular weight is 474 g/mol. The molecular weight excluding hydrogens is 442 g/mol. The van der Waals surface area contributed by atoms with E-state index in [0.717, 1.165) is 17.7 Å². The first-order chi connectivity index (χ1) is 15.5. The number of aliphatic hydroxyl groups is 1. The molecule has 0 amide bonds. The lowest BCUT2D eigenvalue weighted by Crippen LogP contribution is -2.60. The third-order valence-electron chi connectivity index (χ3n) is 7.43. The molecule has 2 fully saturated rings. The summed E-state index contributed by atoms with van der Waals surface area (Å²) in [5.41, 5.74) is 2.45. The van der Waals surface area contributed by atoms with Crippen LogP contribution in [0, 0.1) is 11.3 Å². The van der Waals surface area contributed by atoms with Gasteiger partial charge in [0.1, 0.15) is 5.60 Å². The number of hydrogen-bond donors (Lipinski definition) is 1. The Balaban J connectivity index is 1.25. The third kappa shape index (κ3) is 3.80. The van der Waals surface area contributed by atoms with Crippen LogP contribution in [0.3, 0.4) is 0 Å². The summed E-state index contributed by atoms with van der Waals surface area (Å²) in [6, 6.07) is 8.31. The molecule has 8 nitrogen and oxygen atoms in total. The number of sulfonamides is 1. The molecule has 0 bridgehead atoms. The minimum absolute atomic E-state index is 0.0493. The molecule has 1 aliphatic carbocycles. The summed E-state index contributed by atoms with van der Waals surface area (Å²) in [7, 11) is -3.74. The zero-order valence-corrected chi connectivity index (χ0v) is 20.1. The molecule has 3 heterocycles. The second kappa shape index (κ2) is 7.65. The van der Waals surface area contributed by atoms with Gasteiger partial charge in [-0.15, -0.1) is 0 Å². The molecule has 5 rings (SSSR count). The Morgan fingerprint density at radius 3 is 2.61 bits per heavy atom. The highest BCUT2D eigenvalue weighted by atomic mass is 32.2. The molecule has 2 aromatic rings. The van der Waals surface area contributed by atoms with Crippen LogP contribution < -0.4 is 0 Å². The van der Waals surface area contributed by atoms with Crippen molar-refractivity contribution < 1.29 is 23.1 Å². The molecule has 2 aliphatic heterocycles. The van der Waals surface area contributed by atoms with Gasteiger partial charge in [-0.05, 0) is 51.0 Å². The van der Waals surface area contributed by atoms with Crippen molar-refractivity contribution in [1.82, 2.24) is 13.9 Å². The van der Waals surface area contributed by atoms with E-state index >= 15 is 0 Å². The van der Waals surface area contributed by atoms with Crippen molar-refractivity contribution in [1.29, 1.82) is 0 Å². The Morgan fingerprint density at radius 1 is 1.24 bits per heavy atom. The van der Waals surface area contributed by atoms with Crippen LogP contribution in [0.4, 0.5) is 0 Å². The SMILES string of the molecule is CC(C)(C)OC(=O)CS(=O)(=O)N1CCC2(CC1)C[C@H]([C@@H]1c3ccccc3-c3cncn31)[C@@H]2O. The van der Waals surface area contributed by atoms with Gasteiger partial charge in [-0.3, -0.25) is 4.79 Å². The fourth-order valence-electron chi connectivity index (χ4n) is 5.91. The smallest absolute Gasteiger partial charge is 0.323 e. The minimum Gasteiger partial charge on any atom is -0.459 e. The fourth-order valence-corrected chi connectivity index (χ4v) is 7.19. The van der Waals surface area contributed by atoms with Crippen molar-refractivity contribution in [3.8, 4) is 11.3 Å². The number of aromatic nitrogens is 2. The fraction of sp³-hybridized carbons (Fsp3) is 0.583. The Morgan fingerprint density at radius 2 is 1.94 bits per heavy atom. The number of fused-ring (bicyclic) bond motifs is 3. The summed E-state index contributed by atoms with van der Waals surface area (Å²) in [6.45, 7) is 5.77. The third-order valence-corrected chi connectivity index (χ3v) is 9.19. The topological polar surface area (TPSA) is 102 Å². The lowest BCUT2D eigenvalue weighted by atomic mass is 9.53. The van der Waals surface area contributed by atoms with Crippen LogP contribution >= 0.6 is 0 Å². The monoisotopic (exact) mass is 473 g/mol. The molecule has 178 valence electrons. The number of ether oxygens (including phenoxy) is 1. The molecule has 0 radical (unpaired) electrons. The summed E-state index contributed by atoms with van der Waals surface area (Å²) in [5.74, 6) is -1.32. The largest absolute Gasteiger partial charge is 0.459 e. The molecule has 1 spiro atoms. The minimum atomic E-state index is -3.74. The van der Waals surface area contributed by atoms with E-state index in [-0.39, 0.29) is 17.4 Å². The Bertz CT molecular complexity index is 1170. The van der Waals surface area contributed by atoms with Gasteiger partial charge < -0.3 is 14.4 Å². The van der Waals surface area contributed by atoms with Crippen LogP contribution in [0.15, 0.2) is 36.8 Å². The van der Waals surface area contributed by atoms with Gasteiger partial charge in [0, 0.05) is 24.6 Å². The molecular formula is C24H31N3O5S. The summed E-state index contributed by atoms with van der Waals surface area (Å²) < 4.78 is 34.2. The van der Waals surface area contributed by atoms with Gasteiger partial charge in [0.05, 0.1) is 30.4 Å². The van der Waals surface area contributed by atoms with Gasteiger partial charge in [-0.2, -0.15) is 0 Å². The molecule has 1 aromatic heterocycles. The number of carbonyl (C=O) groups excluding carboxylic acids is 1. The summed E-state index contributed by atoms with van der Waals surface area (Å²) in [5, 5.41) is 11.3. The first-order valence-corrected chi connectivity index (χ1v) is 13.1. The average Bonchev–Trinajstić information content (AvgIpc) is 3.31. The van der Waals surface area contributed by atoms with Crippen molar-refractivity contribution in [2.45, 2.75) is 57.8 Å². The lowest BCUT2D eigenvalue weighted by molar-refractivity contribution is -0.153. The maximum atomic E-state index is 12.8. The molecule has 1 saturated heterocycles. The number of esters is 1. The van der Waals surface area contributed by atoms with Crippen LogP contribution in [-0.2, 0) is 19.6 Å². The van der Waals surface area contributed by atoms with Crippen LogP contribution in [0.1, 0.15) is 51.6 Å². The standard InChI is InChI=1S/C24H31N3O5S/c1-23(2,3)32-20(28)14-33(30,31)26-10-8-24(9-11-26)12-18(22(24)29)21-17-7-5-4-6-16(17)19-13-25-15-27(19)21/h4-7,13,15,18,21-22,29H,8-12,14H2,1-3H3/t18-,21+,22+/m1/s1. The number of nitrogens with zero attached hydrogens (tertiary/aromatic N) is 3. The van der Waals surface area contributed by atoms with Crippen molar-refractivity contribution in [3.05, 3.63) is 42.4 Å². The van der Waals surface area contributed by atoms with Crippen molar-refractivity contribution in [2.75, 3.05) is 18.8 Å². The van der Waals surface area contributed by atoms with Crippen molar-refractivity contribution in [2.24, 2.45) is 11.3 Å². The summed E-state index contributed by atoms with van der Waals surface area (Å²) in [4.78, 5) is 16.4. The molecule has 9 heteroatoms. The van der Waals surface area contributed by atoms with Gasteiger partial charge in [-0.25, -0.2) is 17.7 Å². The predicted octanol–water partition coefficient (Wildman–Crippen LogP) is 2.59. The van der Waals surface area contributed by atoms with E-state index in [1.54, 1.807) is 20.8 Å². The number of rotatable bonds is 4. The number of imidazole rings is 1. The molecule has 1 aromatic carbocycles. The molecule has 33 heavy (non-hydrogen) atoms. The van der Waals surface area contributed by atoms with E-state index in [1.165, 1.54) is 9.87 Å². The maximum Gasteiger partial charge on any atom is 0.323 e. The van der Waals surface area contributed by atoms with Crippen LogP contribution in [0.25, 0.3) is 11.3 Å². The zero-order chi connectivity index (χ0) is 23.6. The summed E-state index contributed by atoms with van der Waals surface area (Å²) >= 11 is 0. The maximum absolute atomic E-state index is 12.8. The Hall–Kier alpha value is -2.23. The number of hydrogen-bond acceptors (Lipinski definition) is 6. The number of carbonyl (C=O) groups is 1. The highest BCUT2D eigenvalue weighted by Gasteiger charge is 2.58. The van der Waals surface area contributed by atoms with E-state index in [2.05, 4.69) is 21.7 Å². The van der Waals surface area contributed by atoms with E-state index in [4.69, 9.17) is 4.74 Å². The second-order valence-corrected chi connectivity index (χ2v) is 12.6. The molecule has 0 unspecified atom stereocenters. The molecule has 1 saturated carbocycles. The van der Waals surface area contributed by atoms with Gasteiger partial charge in [0.2, 0.25) is 10.0 Å². The van der Waals surface area contributed by atoms with E-state index < -0.39 is 33.5 Å². The normalized spacial score (nSPS) is 26.5. The van der Waals surface area contributed by atoms with Gasteiger partial charge in [0.15, 0.2) is 5.75 Å². The zero-order valence-electron chi connectivity index (χ0n) is 19.3. The van der Waals surface area contributed by atoms with Crippen molar-refractivity contribution in [3.63, 3.8) is 0 Å². The highest BCUT2D eigenvalue weighted by Crippen LogP contribution is 2.59. The lowest BCUT2D eigenvalue weighted by Gasteiger charge is -2.57. The first-order valence-electron chi connectivity index (χ1n) is 11.5. The van der Waals surface area contributed by atoms with Gasteiger partial charge in [-0.1, -0.05) is 24.3 Å². The number of benzene rings is 1. The van der Waals surface area contributed by atoms with E-state index in [9.17, 15) is 18.3 Å². The molecule has 3 aliphatic rings. The first kappa shape index (κ1) is 22.6. The van der Waals surface area contributed by atoms with Crippen molar-refractivity contribution >= 4 is 16.0 Å². The molecule has 3 atom stereocenters. The Kier molecular flexibility index (Phi) is 5.23. The van der Waals surface area contributed by atoms with Crippen LogP contribution in [-0.4, -0.2) is 63.9 Å². The second-order valence-electron chi connectivity index (χ2n) is 10.6. The predicted molar refractivity (Wildman–Crippen MR) is 123 cm³/mol. The van der Waals surface area contributed by atoms with E-state index in [1.807, 2.05) is 24.7 Å². The highest BCUT2D eigenvalue weighted by molar-refractivity contribution is 7.89. The number of piperidine rings is 1. The van der Waals surface area contributed by atoms with Crippen LogP contribution in [0.2, 0.25) is 0 Å². The van der Waals surface area contributed by atoms with Crippen LogP contribution in [0.5, 0.6) is 0 Å². The molecule has 1 N–H and O–H groups in total.